The highest BCUT2D eigenvalue weighted by atomic mass is 16.6. The monoisotopic (exact) mass is 307 g/mol. The first kappa shape index (κ1) is 16.2. The molecule has 2 amide bonds. The van der Waals surface area contributed by atoms with Gasteiger partial charge in [-0.2, -0.15) is 0 Å². The van der Waals surface area contributed by atoms with Crippen molar-refractivity contribution >= 4 is 11.7 Å². The van der Waals surface area contributed by atoms with E-state index in [2.05, 4.69) is 5.32 Å². The molecule has 2 rings (SSSR count). The number of hydrogen-bond acceptors (Lipinski definition) is 4. The first-order valence-electron chi connectivity index (χ1n) is 7.34. The number of hydrogen-bond donors (Lipinski definition) is 1. The molecular weight excluding hydrogens is 286 g/mol. The van der Waals surface area contributed by atoms with Crippen molar-refractivity contribution in [2.24, 2.45) is 0 Å². The fourth-order valence-corrected chi connectivity index (χ4v) is 2.44. The van der Waals surface area contributed by atoms with Gasteiger partial charge in [-0.1, -0.05) is 25.1 Å². The molecule has 1 saturated heterocycles. The molecule has 1 heterocycles. The fraction of sp³-hybridized carbons (Fsp3) is 0.533. The van der Waals surface area contributed by atoms with E-state index in [9.17, 15) is 14.9 Å². The predicted octanol–water partition coefficient (Wildman–Crippen LogP) is 2.31. The first-order valence-corrected chi connectivity index (χ1v) is 7.34. The van der Waals surface area contributed by atoms with Gasteiger partial charge in [0.25, 0.3) is 5.69 Å². The van der Waals surface area contributed by atoms with Crippen LogP contribution in [0.15, 0.2) is 24.3 Å². The number of benzene rings is 1. The molecule has 1 aromatic carbocycles. The molecule has 7 nitrogen and oxygen atoms in total. The molecule has 0 unspecified atom stereocenters. The maximum Gasteiger partial charge on any atom is 0.317 e. The number of nitro benzene ring substituents is 1. The number of urea groups is 1. The Morgan fingerprint density at radius 2 is 2.23 bits per heavy atom. The molecule has 0 spiro atoms. The molecule has 1 aliphatic heterocycles. The summed E-state index contributed by atoms with van der Waals surface area (Å²) in [5.41, 5.74) is 0.185. The van der Waals surface area contributed by atoms with Gasteiger partial charge < -0.3 is 15.0 Å². The summed E-state index contributed by atoms with van der Waals surface area (Å²) in [7, 11) is 0. The Labute approximate surface area is 129 Å². The number of morpholine rings is 1. The van der Waals surface area contributed by atoms with E-state index in [4.69, 9.17) is 4.74 Å². The lowest BCUT2D eigenvalue weighted by Crippen LogP contribution is -2.54. The molecule has 1 aliphatic rings. The smallest absolute Gasteiger partial charge is 0.317 e. The van der Waals surface area contributed by atoms with Gasteiger partial charge in [0.05, 0.1) is 30.2 Å². The second-order valence-electron chi connectivity index (χ2n) is 5.62. The van der Waals surface area contributed by atoms with Gasteiger partial charge in [0, 0.05) is 18.2 Å². The predicted molar refractivity (Wildman–Crippen MR) is 81.6 cm³/mol. The van der Waals surface area contributed by atoms with Gasteiger partial charge in [-0.25, -0.2) is 4.79 Å². The average molecular weight is 307 g/mol. The van der Waals surface area contributed by atoms with Gasteiger partial charge >= 0.3 is 6.03 Å². The minimum Gasteiger partial charge on any atom is -0.372 e. The van der Waals surface area contributed by atoms with Crippen molar-refractivity contribution in [2.45, 2.75) is 32.4 Å². The van der Waals surface area contributed by atoms with Gasteiger partial charge in [0.15, 0.2) is 0 Å². The maximum atomic E-state index is 12.2. The zero-order valence-corrected chi connectivity index (χ0v) is 12.9. The third-order valence-corrected chi connectivity index (χ3v) is 3.99. The first-order chi connectivity index (χ1) is 10.4. The van der Waals surface area contributed by atoms with Crippen LogP contribution in [0.5, 0.6) is 0 Å². The van der Waals surface area contributed by atoms with Crippen LogP contribution in [0.3, 0.4) is 0 Å². The zero-order valence-electron chi connectivity index (χ0n) is 12.9. The SMILES string of the molecule is CC[C@]1(C)CN(C(=O)NCc2ccccc2[N+](=O)[O-])CCO1. The minimum absolute atomic E-state index is 0.0168. The van der Waals surface area contributed by atoms with Gasteiger partial charge in [-0.15, -0.1) is 0 Å². The quantitative estimate of drug-likeness (QED) is 0.683. The average Bonchev–Trinajstić information content (AvgIpc) is 2.52. The summed E-state index contributed by atoms with van der Waals surface area (Å²) in [5, 5.41) is 13.7. The van der Waals surface area contributed by atoms with Gasteiger partial charge in [-0.05, 0) is 13.3 Å². The minimum atomic E-state index is -0.440. The molecular formula is C15H21N3O4. The molecule has 1 aromatic rings. The van der Waals surface area contributed by atoms with Crippen molar-refractivity contribution in [1.29, 1.82) is 0 Å². The summed E-state index contributed by atoms with van der Waals surface area (Å²) in [6, 6.07) is 6.19. The molecule has 0 aromatic heterocycles. The summed E-state index contributed by atoms with van der Waals surface area (Å²) >= 11 is 0. The van der Waals surface area contributed by atoms with Crippen LogP contribution >= 0.6 is 0 Å². The van der Waals surface area contributed by atoms with E-state index in [1.54, 1.807) is 23.1 Å². The molecule has 120 valence electrons. The van der Waals surface area contributed by atoms with E-state index < -0.39 is 4.92 Å². The molecule has 1 N–H and O–H groups in total. The summed E-state index contributed by atoms with van der Waals surface area (Å²) in [6.45, 7) is 5.69. The molecule has 0 saturated carbocycles. The van der Waals surface area contributed by atoms with Crippen LogP contribution in [-0.4, -0.2) is 41.2 Å². The number of ether oxygens (including phenoxy) is 1. The zero-order chi connectivity index (χ0) is 16.2. The molecule has 0 aliphatic carbocycles. The lowest BCUT2D eigenvalue weighted by molar-refractivity contribution is -0.385. The van der Waals surface area contributed by atoms with E-state index in [0.29, 0.717) is 25.3 Å². The maximum absolute atomic E-state index is 12.2. The van der Waals surface area contributed by atoms with E-state index in [1.807, 2.05) is 13.8 Å². The van der Waals surface area contributed by atoms with Crippen LogP contribution in [0, 0.1) is 10.1 Å². The van der Waals surface area contributed by atoms with Gasteiger partial charge in [-0.3, -0.25) is 10.1 Å². The summed E-state index contributed by atoms with van der Waals surface area (Å²) in [4.78, 5) is 24.5. The molecule has 7 heteroatoms. The molecule has 1 fully saturated rings. The van der Waals surface area contributed by atoms with Crippen LogP contribution in [-0.2, 0) is 11.3 Å². The number of carbonyl (C=O) groups is 1. The molecule has 1 atom stereocenters. The summed E-state index contributed by atoms with van der Waals surface area (Å²) in [5.74, 6) is 0. The van der Waals surface area contributed by atoms with Crippen molar-refractivity contribution in [3.63, 3.8) is 0 Å². The second kappa shape index (κ2) is 6.74. The van der Waals surface area contributed by atoms with E-state index in [-0.39, 0.29) is 23.9 Å². The van der Waals surface area contributed by atoms with Crippen molar-refractivity contribution in [1.82, 2.24) is 10.2 Å². The van der Waals surface area contributed by atoms with E-state index in [0.717, 1.165) is 6.42 Å². The Balaban J connectivity index is 1.97. The lowest BCUT2D eigenvalue weighted by Gasteiger charge is -2.39. The number of amides is 2. The van der Waals surface area contributed by atoms with Crippen LogP contribution < -0.4 is 5.32 Å². The normalized spacial score (nSPS) is 21.5. The lowest BCUT2D eigenvalue weighted by atomic mass is 10.0. The molecule has 22 heavy (non-hydrogen) atoms. The van der Waals surface area contributed by atoms with Gasteiger partial charge in [0.1, 0.15) is 0 Å². The van der Waals surface area contributed by atoms with Crippen molar-refractivity contribution in [3.8, 4) is 0 Å². The summed E-state index contributed by atoms with van der Waals surface area (Å²) < 4.78 is 5.70. The molecule has 0 bridgehead atoms. The highest BCUT2D eigenvalue weighted by Gasteiger charge is 2.32. The van der Waals surface area contributed by atoms with Crippen molar-refractivity contribution in [2.75, 3.05) is 19.7 Å². The third kappa shape index (κ3) is 3.73. The summed E-state index contributed by atoms with van der Waals surface area (Å²) in [6.07, 6.45) is 0.820. The number of para-hydroxylation sites is 1. The fourth-order valence-electron chi connectivity index (χ4n) is 2.44. The number of carbonyl (C=O) groups excluding carboxylic acids is 1. The highest BCUT2D eigenvalue weighted by Crippen LogP contribution is 2.21. The van der Waals surface area contributed by atoms with E-state index in [1.165, 1.54) is 6.07 Å². The van der Waals surface area contributed by atoms with Crippen molar-refractivity contribution in [3.05, 3.63) is 39.9 Å². The molecule has 0 radical (unpaired) electrons. The Morgan fingerprint density at radius 3 is 2.91 bits per heavy atom. The topological polar surface area (TPSA) is 84.7 Å². The van der Waals surface area contributed by atoms with Crippen LogP contribution in [0.4, 0.5) is 10.5 Å². The van der Waals surface area contributed by atoms with Crippen molar-refractivity contribution < 1.29 is 14.5 Å². The Hall–Kier alpha value is -2.15. The number of rotatable bonds is 4. The number of nitrogens with zero attached hydrogens (tertiary/aromatic N) is 2. The largest absolute Gasteiger partial charge is 0.372 e. The number of nitro groups is 1. The second-order valence-corrected chi connectivity index (χ2v) is 5.62. The standard InChI is InChI=1S/C15H21N3O4/c1-3-15(2)11-17(8-9-22-15)14(19)16-10-12-6-4-5-7-13(12)18(20)21/h4-7H,3,8-11H2,1-2H3,(H,16,19)/t15-/m1/s1. The highest BCUT2D eigenvalue weighted by molar-refractivity contribution is 5.74. The van der Waals surface area contributed by atoms with Crippen LogP contribution in [0.2, 0.25) is 0 Å². The van der Waals surface area contributed by atoms with Crippen LogP contribution in [0.25, 0.3) is 0 Å². The Bertz CT molecular complexity index is 563. The van der Waals surface area contributed by atoms with Crippen LogP contribution in [0.1, 0.15) is 25.8 Å². The Morgan fingerprint density at radius 1 is 1.50 bits per heavy atom. The Kier molecular flexibility index (Phi) is 4.97. The third-order valence-electron chi connectivity index (χ3n) is 3.99. The van der Waals surface area contributed by atoms with E-state index >= 15 is 0 Å². The van der Waals surface area contributed by atoms with Gasteiger partial charge in [0.2, 0.25) is 0 Å². The number of nitrogens with one attached hydrogen (secondary N) is 1.